The number of carbonyl (C=O) groups is 1. The van der Waals surface area contributed by atoms with E-state index in [0.29, 0.717) is 25.1 Å². The largest absolute Gasteiger partial charge is 0.381 e. The van der Waals surface area contributed by atoms with Crippen molar-refractivity contribution >= 4 is 11.9 Å². The second-order valence-electron chi connectivity index (χ2n) is 7.26. The van der Waals surface area contributed by atoms with E-state index in [2.05, 4.69) is 15.6 Å². The normalized spacial score (nSPS) is 28.5. The molecule has 8 heteroatoms. The first-order valence-corrected chi connectivity index (χ1v) is 9.17. The van der Waals surface area contributed by atoms with E-state index in [1.165, 1.54) is 0 Å². The minimum Gasteiger partial charge on any atom is -0.381 e. The minimum absolute atomic E-state index is 0.0179. The molecule has 1 aliphatic carbocycles. The maximum atomic E-state index is 11.9. The molecule has 2 atom stereocenters. The number of aliphatic imine (C=N–C) groups is 1. The van der Waals surface area contributed by atoms with Crippen LogP contribution in [0.5, 0.6) is 0 Å². The molecule has 142 valence electrons. The fourth-order valence-electron chi connectivity index (χ4n) is 3.48. The molecule has 3 aliphatic rings. The third kappa shape index (κ3) is 5.05. The van der Waals surface area contributed by atoms with Gasteiger partial charge in [-0.1, -0.05) is 0 Å². The maximum Gasteiger partial charge on any atom is 0.243 e. The van der Waals surface area contributed by atoms with Crippen molar-refractivity contribution in [2.45, 2.75) is 37.5 Å². The van der Waals surface area contributed by atoms with Crippen LogP contribution in [0.2, 0.25) is 0 Å². The Labute approximate surface area is 149 Å². The van der Waals surface area contributed by atoms with Gasteiger partial charge in [-0.3, -0.25) is 4.79 Å². The highest BCUT2D eigenvalue weighted by Crippen LogP contribution is 2.37. The molecule has 2 saturated heterocycles. The Morgan fingerprint density at radius 1 is 1.24 bits per heavy atom. The zero-order chi connectivity index (χ0) is 17.7. The second kappa shape index (κ2) is 8.33. The van der Waals surface area contributed by atoms with Crippen LogP contribution in [0.3, 0.4) is 0 Å². The number of hydrogen-bond donors (Lipinski definition) is 2. The first-order valence-electron chi connectivity index (χ1n) is 9.17. The lowest BCUT2D eigenvalue weighted by Crippen LogP contribution is -2.45. The van der Waals surface area contributed by atoms with E-state index in [1.807, 2.05) is 0 Å². The number of nitrogens with zero attached hydrogens (tertiary/aromatic N) is 2. The zero-order valence-electron chi connectivity index (χ0n) is 15.3. The van der Waals surface area contributed by atoms with Crippen molar-refractivity contribution in [2.24, 2.45) is 10.9 Å². The van der Waals surface area contributed by atoms with Crippen LogP contribution in [-0.4, -0.2) is 82.2 Å². The standard InChI is InChI=1S/C17H30N4O4/c1-21(2)15(22)11-19-16(18-10-13-4-6-23-12-13)20-14-3-5-17(9-14)24-7-8-25-17/h13-14H,3-12H2,1-2H3,(H2,18,19,20). The Morgan fingerprint density at radius 3 is 2.72 bits per heavy atom. The van der Waals surface area contributed by atoms with Crippen molar-refractivity contribution in [1.29, 1.82) is 0 Å². The Kier molecular flexibility index (Phi) is 6.14. The number of ether oxygens (including phenoxy) is 3. The molecule has 2 unspecified atom stereocenters. The van der Waals surface area contributed by atoms with E-state index >= 15 is 0 Å². The number of nitrogens with one attached hydrogen (secondary N) is 2. The fraction of sp³-hybridized carbons (Fsp3) is 0.882. The van der Waals surface area contributed by atoms with Crippen LogP contribution in [0.4, 0.5) is 0 Å². The Balaban J connectivity index is 1.55. The molecule has 3 rings (SSSR count). The Bertz CT molecular complexity index is 485. The number of guanidine groups is 1. The molecule has 25 heavy (non-hydrogen) atoms. The highest BCUT2D eigenvalue weighted by atomic mass is 16.7. The number of amides is 1. The zero-order valence-corrected chi connectivity index (χ0v) is 15.3. The van der Waals surface area contributed by atoms with Crippen molar-refractivity contribution in [3.05, 3.63) is 0 Å². The molecule has 8 nitrogen and oxygen atoms in total. The first-order chi connectivity index (χ1) is 12.1. The van der Waals surface area contributed by atoms with E-state index in [9.17, 15) is 4.79 Å². The van der Waals surface area contributed by atoms with Crippen molar-refractivity contribution in [3.63, 3.8) is 0 Å². The van der Waals surface area contributed by atoms with E-state index in [4.69, 9.17) is 14.2 Å². The van der Waals surface area contributed by atoms with E-state index in [-0.39, 0.29) is 18.5 Å². The predicted octanol–water partition coefficient (Wildman–Crippen LogP) is -0.0581. The smallest absolute Gasteiger partial charge is 0.243 e. The van der Waals surface area contributed by atoms with Gasteiger partial charge in [-0.05, 0) is 12.8 Å². The lowest BCUT2D eigenvalue weighted by atomic mass is 10.1. The molecule has 0 aromatic rings. The summed E-state index contributed by atoms with van der Waals surface area (Å²) in [6.45, 7) is 3.88. The van der Waals surface area contributed by atoms with Crippen LogP contribution < -0.4 is 10.6 Å². The van der Waals surface area contributed by atoms with Crippen LogP contribution in [0, 0.1) is 5.92 Å². The van der Waals surface area contributed by atoms with Gasteiger partial charge in [0, 0.05) is 52.0 Å². The van der Waals surface area contributed by atoms with Crippen LogP contribution in [0.15, 0.2) is 4.99 Å². The third-order valence-electron chi connectivity index (χ3n) is 5.04. The predicted molar refractivity (Wildman–Crippen MR) is 93.3 cm³/mol. The van der Waals surface area contributed by atoms with Crippen LogP contribution >= 0.6 is 0 Å². The van der Waals surface area contributed by atoms with Crippen LogP contribution in [0.1, 0.15) is 25.7 Å². The minimum atomic E-state index is -0.415. The summed E-state index contributed by atoms with van der Waals surface area (Å²) < 4.78 is 17.0. The summed E-state index contributed by atoms with van der Waals surface area (Å²) in [6, 6.07) is 0.235. The van der Waals surface area contributed by atoms with Gasteiger partial charge in [-0.2, -0.15) is 0 Å². The molecule has 2 N–H and O–H groups in total. The van der Waals surface area contributed by atoms with Gasteiger partial charge in [0.05, 0.1) is 19.8 Å². The number of hydrogen-bond acceptors (Lipinski definition) is 5. The van der Waals surface area contributed by atoms with Crippen molar-refractivity contribution in [3.8, 4) is 0 Å². The van der Waals surface area contributed by atoms with Crippen LogP contribution in [0.25, 0.3) is 0 Å². The molecular weight excluding hydrogens is 324 g/mol. The molecule has 0 aromatic carbocycles. The molecule has 2 aliphatic heterocycles. The van der Waals surface area contributed by atoms with Crippen molar-refractivity contribution in [2.75, 3.05) is 53.6 Å². The average Bonchev–Trinajstić information content (AvgIpc) is 3.33. The quantitative estimate of drug-likeness (QED) is 0.532. The van der Waals surface area contributed by atoms with E-state index in [1.54, 1.807) is 19.0 Å². The highest BCUT2D eigenvalue weighted by Gasteiger charge is 2.44. The summed E-state index contributed by atoms with van der Waals surface area (Å²) in [5.41, 5.74) is 0. The Hall–Kier alpha value is -1.38. The Morgan fingerprint density at radius 2 is 2.04 bits per heavy atom. The molecular formula is C17H30N4O4. The van der Waals surface area contributed by atoms with Crippen molar-refractivity contribution in [1.82, 2.24) is 15.5 Å². The maximum absolute atomic E-state index is 11.9. The lowest BCUT2D eigenvalue weighted by Gasteiger charge is -2.23. The molecule has 3 fully saturated rings. The molecule has 0 radical (unpaired) electrons. The summed E-state index contributed by atoms with van der Waals surface area (Å²) in [5.74, 6) is 0.743. The van der Waals surface area contributed by atoms with Gasteiger partial charge in [0.25, 0.3) is 0 Å². The fourth-order valence-corrected chi connectivity index (χ4v) is 3.48. The summed E-state index contributed by atoms with van der Waals surface area (Å²) >= 11 is 0. The van der Waals surface area contributed by atoms with Crippen molar-refractivity contribution < 1.29 is 19.0 Å². The average molecular weight is 354 g/mol. The molecule has 1 saturated carbocycles. The molecule has 0 aromatic heterocycles. The molecule has 0 bridgehead atoms. The van der Waals surface area contributed by atoms with Gasteiger partial charge in [-0.25, -0.2) is 4.99 Å². The van der Waals surface area contributed by atoms with E-state index in [0.717, 1.165) is 45.4 Å². The second-order valence-corrected chi connectivity index (χ2v) is 7.26. The summed E-state index contributed by atoms with van der Waals surface area (Å²) in [6.07, 6.45) is 3.73. The summed E-state index contributed by atoms with van der Waals surface area (Å²) in [5, 5.41) is 6.82. The molecule has 2 heterocycles. The van der Waals surface area contributed by atoms with Crippen LogP contribution in [-0.2, 0) is 19.0 Å². The van der Waals surface area contributed by atoms with Gasteiger partial charge < -0.3 is 29.7 Å². The highest BCUT2D eigenvalue weighted by molar-refractivity contribution is 5.85. The SMILES string of the molecule is CN(C)C(=O)CN=C(NCC1CCOC1)NC1CCC2(C1)OCCO2. The topological polar surface area (TPSA) is 84.4 Å². The van der Waals surface area contributed by atoms with Gasteiger partial charge in [-0.15, -0.1) is 0 Å². The monoisotopic (exact) mass is 354 g/mol. The van der Waals surface area contributed by atoms with Gasteiger partial charge in [0.1, 0.15) is 6.54 Å². The summed E-state index contributed by atoms with van der Waals surface area (Å²) in [7, 11) is 3.48. The summed E-state index contributed by atoms with van der Waals surface area (Å²) in [4.78, 5) is 17.9. The van der Waals surface area contributed by atoms with Gasteiger partial charge >= 0.3 is 0 Å². The molecule has 1 spiro atoms. The van der Waals surface area contributed by atoms with Gasteiger partial charge in [0.2, 0.25) is 5.91 Å². The lowest BCUT2D eigenvalue weighted by molar-refractivity contribution is -0.151. The first kappa shape index (κ1) is 18.4. The number of rotatable bonds is 5. The molecule has 1 amide bonds. The number of likely N-dealkylation sites (N-methyl/N-ethyl adjacent to an activating group) is 1. The third-order valence-corrected chi connectivity index (χ3v) is 5.04. The van der Waals surface area contributed by atoms with E-state index < -0.39 is 5.79 Å². The van der Waals surface area contributed by atoms with Gasteiger partial charge in [0.15, 0.2) is 11.7 Å². The number of carbonyl (C=O) groups excluding carboxylic acids is 1.